The van der Waals surface area contributed by atoms with Crippen molar-refractivity contribution in [1.29, 1.82) is 0 Å². The van der Waals surface area contributed by atoms with Crippen LogP contribution in [0.1, 0.15) is 230 Å². The van der Waals surface area contributed by atoms with Gasteiger partial charge in [0.25, 0.3) is 0 Å². The molecule has 11 heterocycles. The molecule has 0 aliphatic carbocycles. The highest BCUT2D eigenvalue weighted by atomic mass is 79.9. The number of carbonyl (C=O) groups excluding carboxylic acids is 14. The van der Waals surface area contributed by atoms with Gasteiger partial charge in [0.15, 0.2) is 71.5 Å². The second kappa shape index (κ2) is 45.0. The number of fused-ring (bicyclic) bond motifs is 5. The number of halogens is 1. The molecule has 0 aromatic heterocycles. The molecule has 38 heteroatoms. The highest BCUT2D eigenvalue weighted by Crippen LogP contribution is 2.51. The maximum atomic E-state index is 14.6. The number of likely N-dealkylation sites (N-methyl/N-ethyl adjacent to an activating group) is 3. The predicted octanol–water partition coefficient (Wildman–Crippen LogP) is 14.1. The minimum absolute atomic E-state index is 0.109. The monoisotopic (exact) mass is 2070 g/mol. The molecule has 11 aliphatic heterocycles. The lowest BCUT2D eigenvalue weighted by Gasteiger charge is -2.46. The van der Waals surface area contributed by atoms with Crippen LogP contribution in [0.5, 0.6) is 0 Å². The van der Waals surface area contributed by atoms with Crippen molar-refractivity contribution in [1.82, 2.24) is 14.7 Å². The highest BCUT2D eigenvalue weighted by Gasteiger charge is 2.66. The van der Waals surface area contributed by atoms with Gasteiger partial charge in [0, 0.05) is 106 Å². The van der Waals surface area contributed by atoms with Crippen LogP contribution in [0.15, 0.2) is 64.7 Å². The summed E-state index contributed by atoms with van der Waals surface area (Å²) < 4.78 is 104. The fourth-order valence-corrected chi connectivity index (χ4v) is 23.9. The molecule has 5 amide bonds. The van der Waals surface area contributed by atoms with Gasteiger partial charge >= 0.3 is 48.4 Å². The molecule has 6 unspecified atom stereocenters. The van der Waals surface area contributed by atoms with Gasteiger partial charge in [0.05, 0.1) is 83.6 Å². The highest BCUT2D eigenvalue weighted by molar-refractivity contribution is 9.10. The number of allylic oxidation sites excluding steroid dienone is 1. The SMILES string of the molecule is CC[C@H]1OC(=O)[C@H](C)C(=O)[C@H](C)[C@@H](OC2O[C@H](C)C[C@H]3C2OC(=O)N3C)[C@](C)(OC)C[C@@H](C)C(=O)/C(C)=C/[C@]1(C)O.CC[C@H]1OC(=O)[C@H](C)C(=O)[C@H](C)[C@@H](OC2O[C@H](C)C[C@H]3C2OC(=O)N3C)[C@](C)(OC)C[C@@H](C)C(=O)[C@H](C)[C@H]2N(c3ccc(Br)cc3)C(=O)O[C@]12C.CC[C@H]1OC(=O)[C@H](C)C(=O)[C@H](C)[C@@H](OC2O[C@H](C)C[C@H]3C2OC(=O)N3C)[C@](C)(OC)C[C@@H](C)C(=O)[C@H](C)[C@H]2N(c3ccc(C)cc3)C(=O)O[C@]12C. The van der Waals surface area contributed by atoms with Gasteiger partial charge < -0.3 is 100 Å². The zero-order valence-corrected chi connectivity index (χ0v) is 90.3. The summed E-state index contributed by atoms with van der Waals surface area (Å²) in [6.45, 7) is 42.8. The summed E-state index contributed by atoms with van der Waals surface area (Å²) in [6.07, 6.45) is -11.0. The molecule has 0 spiro atoms. The zero-order valence-electron chi connectivity index (χ0n) is 88.7. The fourth-order valence-electron chi connectivity index (χ4n) is 23.7. The van der Waals surface area contributed by atoms with E-state index in [0.717, 1.165) is 10.0 Å². The number of methoxy groups -OCH3 is 3. The molecule has 0 radical (unpaired) electrons. The number of nitrogens with zero attached hydrogens (tertiary/aromatic N) is 5. The average Bonchev–Trinajstić information content (AvgIpc) is 1.57. The molecule has 796 valence electrons. The van der Waals surface area contributed by atoms with Crippen LogP contribution in [0.25, 0.3) is 0 Å². The number of Topliss-reactive ketones (excluding diaryl/α,β-unsaturated/α-hetero) is 6. The van der Waals surface area contributed by atoms with Gasteiger partial charge in [0.1, 0.15) is 53.2 Å². The van der Waals surface area contributed by atoms with E-state index in [1.807, 2.05) is 39.8 Å². The van der Waals surface area contributed by atoms with E-state index < -0.39 is 250 Å². The number of cyclic esters (lactones) is 3. The number of benzene rings is 2. The first-order valence-electron chi connectivity index (χ1n) is 50.2. The van der Waals surface area contributed by atoms with E-state index >= 15 is 0 Å². The average molecular weight is 2080 g/mol. The number of carbonyl (C=O) groups is 14. The normalized spacial score (nSPS) is 42.0. The predicted molar refractivity (Wildman–Crippen MR) is 520 cm³/mol. The summed E-state index contributed by atoms with van der Waals surface area (Å²) in [5, 5.41) is 11.2. The number of ether oxygens (including phenoxy) is 17. The molecule has 0 bridgehead atoms. The molecule has 143 heavy (non-hydrogen) atoms. The van der Waals surface area contributed by atoms with Crippen LogP contribution in [0, 0.1) is 72.0 Å². The Bertz CT molecular complexity index is 4830. The number of ketones is 6. The minimum Gasteiger partial charge on any atom is -0.458 e. The smallest absolute Gasteiger partial charge is 0.415 e. The second-order valence-corrected chi connectivity index (χ2v) is 43.8. The number of aryl methyl sites for hydroxylation is 1. The van der Waals surface area contributed by atoms with Crippen LogP contribution < -0.4 is 9.80 Å². The number of rotatable bonds is 14. The molecule has 0 saturated carbocycles. The Hall–Kier alpha value is -8.96. The maximum absolute atomic E-state index is 14.6. The van der Waals surface area contributed by atoms with Gasteiger partial charge in [-0.3, -0.25) is 53.0 Å². The number of hydrogen-bond acceptors (Lipinski definition) is 32. The zero-order chi connectivity index (χ0) is 107. The Labute approximate surface area is 847 Å². The lowest BCUT2D eigenvalue weighted by Crippen LogP contribution is -2.59. The first kappa shape index (κ1) is 114. The first-order valence-corrected chi connectivity index (χ1v) is 51.0. The fraction of sp³-hybridized carbons (Fsp3) is 0.733. The Morgan fingerprint density at radius 1 is 0.385 bits per heavy atom. The standard InChI is InChI=1S/C38H54N2O11.C37H51BrN2O11.C30H47NO10/c1-12-27-38(9)31(40(36(45)51-38)25-15-13-19(2)14-16-25)22(5)28(41)20(3)18-37(8,46-11)32(23(6)29(42)24(7)33(43)48-27)50-34-30-26(17-21(4)47-34)39(10)35(44)49-30;1-11-26-37(8)30(40(35(45)51-37)24-14-12-23(38)13-15-24)20(4)27(41)18(2)17-36(7,46-10)31(21(5)28(42)22(6)32(43)48-26)50-33-29-25(16-19(3)47-33)39(9)34(44)49-29;1-11-21-29(7,36)13-15(2)22(32)16(3)14-30(8,37-10)25(18(5)23(33)19(6)26(34)39-21)41-27-24-20(12-17(4)38-27)31(9)28(35)40-24/h13-16,20-24,26-27,30-32,34H,12,17-18H2,1-11H3;12-15,18-22,25-26,29-31,33H,11,16-17H2,1-10H3;13,16-21,24-25,27,36H,11-12,14H2,1-10H3/b;;15-13+/t20-,21-,22+,23+,24-,26+,27-,30?,31-,32-,34?,37-,38-;18-,19-,20+,21+,22-,25+,26-,29?,30-,31-,33?,36-,37-;16-,17-,18+,19-,20+,21-,24?,25-,27?,29+,30-/m111/s1. The number of amides is 5. The third-order valence-corrected chi connectivity index (χ3v) is 32.7. The van der Waals surface area contributed by atoms with Gasteiger partial charge in [-0.1, -0.05) is 110 Å². The number of hydrogen-bond donors (Lipinski definition) is 1. The Kier molecular flexibility index (Phi) is 36.0. The van der Waals surface area contributed by atoms with E-state index in [9.17, 15) is 72.2 Å². The summed E-state index contributed by atoms with van der Waals surface area (Å²) in [6, 6.07) is 11.8. The quantitative estimate of drug-likeness (QED) is 0.104. The lowest BCUT2D eigenvalue weighted by molar-refractivity contribution is -0.284. The number of esters is 3. The van der Waals surface area contributed by atoms with Crippen LogP contribution in [0.2, 0.25) is 0 Å². The molecular weight excluding hydrogens is 1920 g/mol. The maximum Gasteiger partial charge on any atom is 0.415 e. The lowest BCUT2D eigenvalue weighted by atomic mass is 9.73. The van der Waals surface area contributed by atoms with Gasteiger partial charge in [-0.15, -0.1) is 0 Å². The minimum atomic E-state index is -1.63. The molecule has 2 aromatic rings. The van der Waals surface area contributed by atoms with E-state index in [2.05, 4.69) is 15.9 Å². The van der Waals surface area contributed by atoms with Crippen molar-refractivity contribution in [3.63, 3.8) is 0 Å². The Morgan fingerprint density at radius 2 is 0.671 bits per heavy atom. The molecule has 1 N–H and O–H groups in total. The van der Waals surface area contributed by atoms with Crippen LogP contribution in [0.3, 0.4) is 0 Å². The number of anilines is 2. The van der Waals surface area contributed by atoms with Crippen molar-refractivity contribution in [2.75, 3.05) is 52.3 Å². The molecule has 10 saturated heterocycles. The molecule has 2 aromatic carbocycles. The van der Waals surface area contributed by atoms with E-state index in [1.54, 1.807) is 175 Å². The van der Waals surface area contributed by atoms with E-state index in [4.69, 9.17) is 80.5 Å². The van der Waals surface area contributed by atoms with E-state index in [0.29, 0.717) is 36.2 Å². The van der Waals surface area contributed by atoms with Gasteiger partial charge in [0.2, 0.25) is 0 Å². The molecule has 37 nitrogen and oxygen atoms in total. The van der Waals surface area contributed by atoms with Crippen molar-refractivity contribution in [2.45, 2.75) is 387 Å². The van der Waals surface area contributed by atoms with E-state index in [-0.39, 0.29) is 92.3 Å². The molecular formula is C105H152BrN5O32. The van der Waals surface area contributed by atoms with Gasteiger partial charge in [-0.2, -0.15) is 0 Å². The summed E-state index contributed by atoms with van der Waals surface area (Å²) >= 11 is 3.44. The van der Waals surface area contributed by atoms with Crippen molar-refractivity contribution in [2.24, 2.45) is 65.1 Å². The Morgan fingerprint density at radius 3 is 0.965 bits per heavy atom. The topological polar surface area (TPSA) is 432 Å². The largest absolute Gasteiger partial charge is 0.458 e. The third kappa shape index (κ3) is 22.9. The van der Waals surface area contributed by atoms with Crippen LogP contribution in [-0.4, -0.2) is 301 Å². The number of aliphatic hydroxyl groups is 1. The summed E-state index contributed by atoms with van der Waals surface area (Å²) in [5.41, 5.74) is -5.93. The van der Waals surface area contributed by atoms with Crippen molar-refractivity contribution in [3.8, 4) is 0 Å². The van der Waals surface area contributed by atoms with Gasteiger partial charge in [-0.05, 0) is 203 Å². The van der Waals surface area contributed by atoms with E-state index in [1.165, 1.54) is 79.6 Å². The van der Waals surface area contributed by atoms with Crippen molar-refractivity contribution in [3.05, 3.63) is 70.2 Å². The molecule has 11 aliphatic rings. The van der Waals surface area contributed by atoms with Crippen LogP contribution in [-0.2, 0) is 124 Å². The molecule has 10 fully saturated rings. The van der Waals surface area contributed by atoms with Crippen molar-refractivity contribution >= 4 is 110 Å². The Balaban J connectivity index is 0.000000206. The molecule has 13 rings (SSSR count). The van der Waals surface area contributed by atoms with Crippen LogP contribution in [0.4, 0.5) is 35.3 Å². The molecule has 37 atom stereocenters. The second-order valence-electron chi connectivity index (χ2n) is 42.9. The summed E-state index contributed by atoms with van der Waals surface area (Å²) in [5.74, 6) is -14.4. The summed E-state index contributed by atoms with van der Waals surface area (Å²) in [4.78, 5) is 199. The summed E-state index contributed by atoms with van der Waals surface area (Å²) in [7, 11) is 9.42. The van der Waals surface area contributed by atoms with Crippen molar-refractivity contribution < 1.29 is 153 Å². The van der Waals surface area contributed by atoms with Gasteiger partial charge in [-0.25, -0.2) is 24.0 Å². The third-order valence-electron chi connectivity index (χ3n) is 32.2. The first-order chi connectivity index (χ1) is 66.7. The van der Waals surface area contributed by atoms with Crippen LogP contribution >= 0.6 is 15.9 Å².